The quantitative estimate of drug-likeness (QED) is 0.743. The second-order valence-electron chi connectivity index (χ2n) is 6.09. The minimum Gasteiger partial charge on any atom is -0.338 e. The van der Waals surface area contributed by atoms with Gasteiger partial charge in [-0.1, -0.05) is 0 Å². The maximum absolute atomic E-state index is 12.8. The van der Waals surface area contributed by atoms with E-state index in [0.717, 1.165) is 13.0 Å². The molecule has 1 saturated heterocycles. The molecule has 1 aromatic carbocycles. The minimum absolute atomic E-state index is 0.00960. The number of hydrogen-bond acceptors (Lipinski definition) is 3. The number of carbonyl (C=O) groups excluding carboxylic acids is 2. The summed E-state index contributed by atoms with van der Waals surface area (Å²) in [6.45, 7) is 5.83. The van der Waals surface area contributed by atoms with Crippen molar-refractivity contribution in [1.82, 2.24) is 15.5 Å². The molecule has 132 valence electrons. The summed E-state index contributed by atoms with van der Waals surface area (Å²) in [5.41, 5.74) is 0.580. The molecule has 1 heterocycles. The third-order valence-corrected chi connectivity index (χ3v) is 3.94. The van der Waals surface area contributed by atoms with Gasteiger partial charge < -0.3 is 20.9 Å². The van der Waals surface area contributed by atoms with Crippen molar-refractivity contribution in [3.8, 4) is 0 Å². The standard InChI is InChI=1S/C17H25FN4O2/c1-3-19-17(24)22-9-8-15(11-22)20-12(2)10-16(23)21-14-6-4-13(18)5-7-14/h4-7,12,15,20H,3,8-11H2,1-2H3,(H,19,24)(H,21,23). The van der Waals surface area contributed by atoms with Crippen LogP contribution in [0.25, 0.3) is 0 Å². The molecule has 1 aliphatic heterocycles. The van der Waals surface area contributed by atoms with E-state index in [2.05, 4.69) is 16.0 Å². The number of nitrogens with one attached hydrogen (secondary N) is 3. The SMILES string of the molecule is CCNC(=O)N1CCC(NC(C)CC(=O)Nc2ccc(F)cc2)C1. The number of amides is 3. The molecular formula is C17H25FN4O2. The number of rotatable bonds is 6. The lowest BCUT2D eigenvalue weighted by molar-refractivity contribution is -0.116. The zero-order chi connectivity index (χ0) is 17.5. The molecule has 7 heteroatoms. The van der Waals surface area contributed by atoms with Gasteiger partial charge in [-0.25, -0.2) is 9.18 Å². The van der Waals surface area contributed by atoms with Gasteiger partial charge in [0.1, 0.15) is 5.82 Å². The molecule has 0 radical (unpaired) electrons. The average molecular weight is 336 g/mol. The maximum atomic E-state index is 12.8. The highest BCUT2D eigenvalue weighted by molar-refractivity contribution is 5.91. The largest absolute Gasteiger partial charge is 0.338 e. The van der Waals surface area contributed by atoms with Gasteiger partial charge in [-0.05, 0) is 44.5 Å². The van der Waals surface area contributed by atoms with Crippen LogP contribution in [-0.2, 0) is 4.79 Å². The van der Waals surface area contributed by atoms with Crippen molar-refractivity contribution < 1.29 is 14.0 Å². The second-order valence-corrected chi connectivity index (χ2v) is 6.09. The molecule has 6 nitrogen and oxygen atoms in total. The van der Waals surface area contributed by atoms with E-state index in [1.165, 1.54) is 24.3 Å². The van der Waals surface area contributed by atoms with E-state index < -0.39 is 0 Å². The Morgan fingerprint density at radius 1 is 1.33 bits per heavy atom. The van der Waals surface area contributed by atoms with Crippen LogP contribution in [-0.4, -0.2) is 48.6 Å². The molecule has 0 spiro atoms. The average Bonchev–Trinajstić information content (AvgIpc) is 2.98. The van der Waals surface area contributed by atoms with Crippen LogP contribution in [0.3, 0.4) is 0 Å². The Morgan fingerprint density at radius 3 is 2.71 bits per heavy atom. The molecule has 24 heavy (non-hydrogen) atoms. The van der Waals surface area contributed by atoms with Gasteiger partial charge in [-0.15, -0.1) is 0 Å². The number of urea groups is 1. The highest BCUT2D eigenvalue weighted by Gasteiger charge is 2.27. The second kappa shape index (κ2) is 8.63. The van der Waals surface area contributed by atoms with Gasteiger partial charge >= 0.3 is 6.03 Å². The molecule has 0 saturated carbocycles. The Labute approximate surface area is 141 Å². The maximum Gasteiger partial charge on any atom is 0.317 e. The molecule has 2 unspecified atom stereocenters. The summed E-state index contributed by atoms with van der Waals surface area (Å²) in [5.74, 6) is -0.457. The monoisotopic (exact) mass is 336 g/mol. The van der Waals surface area contributed by atoms with E-state index in [0.29, 0.717) is 25.2 Å². The Morgan fingerprint density at radius 2 is 2.04 bits per heavy atom. The number of carbonyl (C=O) groups is 2. The van der Waals surface area contributed by atoms with Crippen molar-refractivity contribution in [2.75, 3.05) is 25.0 Å². The molecule has 1 fully saturated rings. The molecule has 3 amide bonds. The fourth-order valence-electron chi connectivity index (χ4n) is 2.83. The smallest absolute Gasteiger partial charge is 0.317 e. The van der Waals surface area contributed by atoms with Gasteiger partial charge in [-0.2, -0.15) is 0 Å². The Kier molecular flexibility index (Phi) is 6.54. The lowest BCUT2D eigenvalue weighted by atomic mass is 10.1. The van der Waals surface area contributed by atoms with Gasteiger partial charge in [-0.3, -0.25) is 4.79 Å². The molecule has 0 aromatic heterocycles. The van der Waals surface area contributed by atoms with Crippen molar-refractivity contribution >= 4 is 17.6 Å². The van der Waals surface area contributed by atoms with Crippen LogP contribution in [0, 0.1) is 5.82 Å². The van der Waals surface area contributed by atoms with E-state index >= 15 is 0 Å². The highest BCUT2D eigenvalue weighted by atomic mass is 19.1. The summed E-state index contributed by atoms with van der Waals surface area (Å²) in [4.78, 5) is 25.6. The van der Waals surface area contributed by atoms with Gasteiger partial charge in [0.2, 0.25) is 5.91 Å². The third-order valence-electron chi connectivity index (χ3n) is 3.94. The van der Waals surface area contributed by atoms with Gasteiger partial charge in [0.25, 0.3) is 0 Å². The minimum atomic E-state index is -0.332. The number of likely N-dealkylation sites (tertiary alicyclic amines) is 1. The van der Waals surface area contributed by atoms with Crippen molar-refractivity contribution in [3.63, 3.8) is 0 Å². The molecule has 1 aliphatic rings. The number of benzene rings is 1. The molecule has 3 N–H and O–H groups in total. The summed E-state index contributed by atoms with van der Waals surface area (Å²) in [5, 5.41) is 8.93. The normalized spacial score (nSPS) is 18.3. The summed E-state index contributed by atoms with van der Waals surface area (Å²) in [6.07, 6.45) is 1.19. The highest BCUT2D eigenvalue weighted by Crippen LogP contribution is 2.12. The van der Waals surface area contributed by atoms with Crippen LogP contribution < -0.4 is 16.0 Å². The molecule has 0 aliphatic carbocycles. The van der Waals surface area contributed by atoms with Crippen LogP contribution >= 0.6 is 0 Å². The number of halogens is 1. The predicted octanol–water partition coefficient (Wildman–Crippen LogP) is 1.94. The molecule has 1 aromatic rings. The Balaban J connectivity index is 1.73. The lowest BCUT2D eigenvalue weighted by Crippen LogP contribution is -2.43. The first kappa shape index (κ1) is 18.2. The first-order chi connectivity index (χ1) is 11.5. The van der Waals surface area contributed by atoms with Gasteiger partial charge in [0, 0.05) is 43.8 Å². The zero-order valence-electron chi connectivity index (χ0n) is 14.1. The zero-order valence-corrected chi connectivity index (χ0v) is 14.1. The first-order valence-electron chi connectivity index (χ1n) is 8.32. The van der Waals surface area contributed by atoms with Crippen molar-refractivity contribution in [3.05, 3.63) is 30.1 Å². The third kappa shape index (κ3) is 5.49. The summed E-state index contributed by atoms with van der Waals surface area (Å²) >= 11 is 0. The summed E-state index contributed by atoms with van der Waals surface area (Å²) in [7, 11) is 0. The molecule has 2 rings (SSSR count). The Bertz CT molecular complexity index is 564. The lowest BCUT2D eigenvalue weighted by Gasteiger charge is -2.20. The summed E-state index contributed by atoms with van der Waals surface area (Å²) < 4.78 is 12.8. The van der Waals surface area contributed by atoms with Crippen LogP contribution in [0.4, 0.5) is 14.9 Å². The number of hydrogen-bond donors (Lipinski definition) is 3. The predicted molar refractivity (Wildman–Crippen MR) is 91.3 cm³/mol. The van der Waals surface area contributed by atoms with Crippen molar-refractivity contribution in [2.45, 2.75) is 38.8 Å². The molecule has 2 atom stereocenters. The topological polar surface area (TPSA) is 73.5 Å². The van der Waals surface area contributed by atoms with E-state index in [1.807, 2.05) is 13.8 Å². The van der Waals surface area contributed by atoms with Crippen LogP contribution in [0.15, 0.2) is 24.3 Å². The van der Waals surface area contributed by atoms with E-state index in [1.54, 1.807) is 4.90 Å². The van der Waals surface area contributed by atoms with Crippen LogP contribution in [0.2, 0.25) is 0 Å². The van der Waals surface area contributed by atoms with E-state index in [9.17, 15) is 14.0 Å². The van der Waals surface area contributed by atoms with Gasteiger partial charge in [0.15, 0.2) is 0 Å². The van der Waals surface area contributed by atoms with E-state index in [4.69, 9.17) is 0 Å². The fourth-order valence-corrected chi connectivity index (χ4v) is 2.83. The summed E-state index contributed by atoms with van der Waals surface area (Å²) in [6, 6.07) is 5.84. The molecule has 0 bridgehead atoms. The van der Waals surface area contributed by atoms with E-state index in [-0.39, 0.29) is 29.8 Å². The van der Waals surface area contributed by atoms with Crippen molar-refractivity contribution in [2.24, 2.45) is 0 Å². The Hall–Kier alpha value is -2.15. The van der Waals surface area contributed by atoms with Crippen molar-refractivity contribution in [1.29, 1.82) is 0 Å². The van der Waals surface area contributed by atoms with Crippen LogP contribution in [0.1, 0.15) is 26.7 Å². The first-order valence-corrected chi connectivity index (χ1v) is 8.32. The molecular weight excluding hydrogens is 311 g/mol. The number of anilines is 1. The van der Waals surface area contributed by atoms with Crippen LogP contribution in [0.5, 0.6) is 0 Å². The van der Waals surface area contributed by atoms with Gasteiger partial charge in [0.05, 0.1) is 0 Å². The fraction of sp³-hybridized carbons (Fsp3) is 0.529. The number of nitrogens with zero attached hydrogens (tertiary/aromatic N) is 1.